The van der Waals surface area contributed by atoms with Crippen LogP contribution in [0.1, 0.15) is 5.56 Å². The minimum absolute atomic E-state index is 0.527. The molecular weight excluding hydrogens is 310 g/mol. The highest BCUT2D eigenvalue weighted by molar-refractivity contribution is 5.81. The number of aromatic nitrogens is 3. The first-order valence-corrected chi connectivity index (χ1v) is 7.61. The van der Waals surface area contributed by atoms with Crippen LogP contribution in [-0.2, 0) is 0 Å². The number of pyridine rings is 1. The monoisotopic (exact) mass is 321 g/mol. The number of H-pyrrole nitrogens is 1. The predicted molar refractivity (Wildman–Crippen MR) is 95.7 cm³/mol. The Morgan fingerprint density at radius 3 is 2.48 bits per heavy atom. The smallest absolute Gasteiger partial charge is 0.205 e. The Kier molecular flexibility index (Phi) is 3.46. The normalized spacial score (nSPS) is 10.3. The van der Waals surface area contributed by atoms with E-state index in [0.29, 0.717) is 11.3 Å². The average molecular weight is 321 g/mol. The SMILES string of the molecule is [C-]#[N+]c1ccc(-c2ccc(-c3nc4ccc(C#N)cc4[nH]3)cc2)nc1. The third-order valence-corrected chi connectivity index (χ3v) is 3.94. The minimum atomic E-state index is 0.527. The van der Waals surface area contributed by atoms with Gasteiger partial charge in [0.15, 0.2) is 0 Å². The summed E-state index contributed by atoms with van der Waals surface area (Å²) in [6.45, 7) is 6.97. The number of nitrogens with one attached hydrogen (secondary N) is 1. The molecule has 0 fully saturated rings. The maximum atomic E-state index is 8.99. The van der Waals surface area contributed by atoms with Crippen molar-refractivity contribution in [2.45, 2.75) is 0 Å². The van der Waals surface area contributed by atoms with Gasteiger partial charge in [0, 0.05) is 17.3 Å². The van der Waals surface area contributed by atoms with Crippen LogP contribution in [0.4, 0.5) is 5.69 Å². The molecule has 2 aromatic heterocycles. The Hall–Kier alpha value is -3.96. The fourth-order valence-corrected chi connectivity index (χ4v) is 2.64. The summed E-state index contributed by atoms with van der Waals surface area (Å²) in [5.41, 5.74) is 5.55. The van der Waals surface area contributed by atoms with E-state index in [2.05, 4.69) is 25.9 Å². The third-order valence-electron chi connectivity index (χ3n) is 3.94. The summed E-state index contributed by atoms with van der Waals surface area (Å²) in [6.07, 6.45) is 1.57. The van der Waals surface area contributed by atoms with Crippen LogP contribution in [0.25, 0.3) is 38.5 Å². The van der Waals surface area contributed by atoms with E-state index in [1.165, 1.54) is 0 Å². The molecule has 5 heteroatoms. The molecule has 0 bridgehead atoms. The topological polar surface area (TPSA) is 69.7 Å². The number of rotatable bonds is 2. The van der Waals surface area contributed by atoms with Crippen LogP contribution in [0.15, 0.2) is 60.8 Å². The number of imidazole rings is 1. The Morgan fingerprint density at radius 2 is 1.80 bits per heavy atom. The molecule has 0 saturated carbocycles. The average Bonchev–Trinajstić information content (AvgIpc) is 3.11. The summed E-state index contributed by atoms with van der Waals surface area (Å²) in [5, 5.41) is 8.99. The highest BCUT2D eigenvalue weighted by atomic mass is 14.9. The molecule has 0 aliphatic carbocycles. The molecular formula is C20H11N5. The quantitative estimate of drug-likeness (QED) is 0.543. The van der Waals surface area contributed by atoms with Gasteiger partial charge in [-0.2, -0.15) is 5.26 Å². The molecule has 116 valence electrons. The molecule has 0 atom stereocenters. The Balaban J connectivity index is 1.67. The summed E-state index contributed by atoms with van der Waals surface area (Å²) in [6, 6.07) is 19.0. The number of hydrogen-bond acceptors (Lipinski definition) is 3. The van der Waals surface area contributed by atoms with Gasteiger partial charge < -0.3 is 4.98 Å². The van der Waals surface area contributed by atoms with E-state index in [0.717, 1.165) is 33.7 Å². The Morgan fingerprint density at radius 1 is 1.00 bits per heavy atom. The molecule has 1 N–H and O–H groups in total. The number of hydrogen-bond donors (Lipinski definition) is 1. The lowest BCUT2D eigenvalue weighted by Crippen LogP contribution is -1.84. The van der Waals surface area contributed by atoms with Crippen molar-refractivity contribution in [1.82, 2.24) is 15.0 Å². The van der Waals surface area contributed by atoms with Crippen LogP contribution in [0.3, 0.4) is 0 Å². The van der Waals surface area contributed by atoms with Gasteiger partial charge >= 0.3 is 0 Å². The van der Waals surface area contributed by atoms with E-state index in [9.17, 15) is 0 Å². The van der Waals surface area contributed by atoms with Gasteiger partial charge in [0.05, 0.1) is 34.9 Å². The lowest BCUT2D eigenvalue weighted by atomic mass is 10.1. The molecule has 5 nitrogen and oxygen atoms in total. The van der Waals surface area contributed by atoms with Crippen molar-refractivity contribution in [3.8, 4) is 28.7 Å². The van der Waals surface area contributed by atoms with Crippen LogP contribution >= 0.6 is 0 Å². The zero-order valence-corrected chi connectivity index (χ0v) is 13.1. The molecule has 2 aromatic carbocycles. The van der Waals surface area contributed by atoms with Gasteiger partial charge in [0.2, 0.25) is 5.69 Å². The van der Waals surface area contributed by atoms with Crippen LogP contribution in [0, 0.1) is 17.9 Å². The van der Waals surface area contributed by atoms with Crippen molar-refractivity contribution in [3.63, 3.8) is 0 Å². The van der Waals surface area contributed by atoms with E-state index in [-0.39, 0.29) is 0 Å². The summed E-state index contributed by atoms with van der Waals surface area (Å²) >= 11 is 0. The highest BCUT2D eigenvalue weighted by Gasteiger charge is 2.07. The van der Waals surface area contributed by atoms with Gasteiger partial charge in [0.25, 0.3) is 0 Å². The molecule has 0 aliphatic heterocycles. The number of fused-ring (bicyclic) bond motifs is 1. The fourth-order valence-electron chi connectivity index (χ4n) is 2.64. The standard InChI is InChI=1S/C20H11N5/c1-22-16-7-9-17(23-12-16)14-3-5-15(6-4-14)20-24-18-8-2-13(11-21)10-19(18)25-20/h2-10,12H,(H,24,25). The number of aromatic amines is 1. The van der Waals surface area contributed by atoms with E-state index >= 15 is 0 Å². The van der Waals surface area contributed by atoms with Crippen LogP contribution < -0.4 is 0 Å². The van der Waals surface area contributed by atoms with Crippen LogP contribution in [-0.4, -0.2) is 15.0 Å². The van der Waals surface area contributed by atoms with Gasteiger partial charge in [0.1, 0.15) is 5.82 Å². The van der Waals surface area contributed by atoms with E-state index in [1.807, 2.05) is 36.4 Å². The van der Waals surface area contributed by atoms with Gasteiger partial charge in [-0.15, -0.1) is 0 Å². The number of nitriles is 1. The summed E-state index contributed by atoms with van der Waals surface area (Å²) in [4.78, 5) is 15.5. The molecule has 0 saturated heterocycles. The summed E-state index contributed by atoms with van der Waals surface area (Å²) in [7, 11) is 0. The van der Waals surface area contributed by atoms with Gasteiger partial charge in [-0.25, -0.2) is 9.83 Å². The zero-order valence-electron chi connectivity index (χ0n) is 13.1. The summed E-state index contributed by atoms with van der Waals surface area (Å²) in [5.74, 6) is 0.757. The number of benzene rings is 2. The molecule has 4 aromatic rings. The Labute approximate surface area is 144 Å². The molecule has 0 aliphatic rings. The Bertz CT molecular complexity index is 1140. The largest absolute Gasteiger partial charge is 0.338 e. The zero-order chi connectivity index (χ0) is 17.2. The first-order chi connectivity index (χ1) is 12.3. The first-order valence-electron chi connectivity index (χ1n) is 7.61. The van der Waals surface area contributed by atoms with Crippen molar-refractivity contribution in [2.75, 3.05) is 0 Å². The third kappa shape index (κ3) is 2.71. The minimum Gasteiger partial charge on any atom is -0.338 e. The molecule has 4 rings (SSSR count). The molecule has 0 radical (unpaired) electrons. The maximum absolute atomic E-state index is 8.99. The predicted octanol–water partition coefficient (Wildman–Crippen LogP) is 4.71. The lowest BCUT2D eigenvalue weighted by molar-refractivity contribution is 1.32. The van der Waals surface area contributed by atoms with Crippen molar-refractivity contribution in [1.29, 1.82) is 5.26 Å². The highest BCUT2D eigenvalue weighted by Crippen LogP contribution is 2.25. The van der Waals surface area contributed by atoms with Gasteiger partial charge in [-0.05, 0) is 24.3 Å². The van der Waals surface area contributed by atoms with E-state index in [1.54, 1.807) is 24.4 Å². The summed E-state index contributed by atoms with van der Waals surface area (Å²) < 4.78 is 0. The second kappa shape index (κ2) is 5.92. The van der Waals surface area contributed by atoms with Crippen molar-refractivity contribution >= 4 is 16.7 Å². The van der Waals surface area contributed by atoms with Crippen LogP contribution in [0.2, 0.25) is 0 Å². The molecule has 0 spiro atoms. The van der Waals surface area contributed by atoms with E-state index in [4.69, 9.17) is 11.8 Å². The van der Waals surface area contributed by atoms with Crippen molar-refractivity contribution < 1.29 is 0 Å². The lowest BCUT2D eigenvalue weighted by Gasteiger charge is -2.02. The van der Waals surface area contributed by atoms with Gasteiger partial charge in [-0.1, -0.05) is 30.3 Å². The second-order valence-corrected chi connectivity index (χ2v) is 5.52. The molecule has 0 amide bonds. The van der Waals surface area contributed by atoms with E-state index < -0.39 is 0 Å². The molecule has 2 heterocycles. The molecule has 25 heavy (non-hydrogen) atoms. The van der Waals surface area contributed by atoms with Crippen molar-refractivity contribution in [3.05, 3.63) is 77.8 Å². The van der Waals surface area contributed by atoms with Gasteiger partial charge in [-0.3, -0.25) is 4.98 Å². The first kappa shape index (κ1) is 14.6. The number of nitrogens with zero attached hydrogens (tertiary/aromatic N) is 4. The van der Waals surface area contributed by atoms with Crippen molar-refractivity contribution in [2.24, 2.45) is 0 Å². The van der Waals surface area contributed by atoms with Crippen LogP contribution in [0.5, 0.6) is 0 Å². The fraction of sp³-hybridized carbons (Fsp3) is 0. The molecule has 0 unspecified atom stereocenters. The second-order valence-electron chi connectivity index (χ2n) is 5.52. The maximum Gasteiger partial charge on any atom is 0.205 e.